The summed E-state index contributed by atoms with van der Waals surface area (Å²) in [4.78, 5) is 46.7. The Kier molecular flexibility index (Phi) is 12.7. The summed E-state index contributed by atoms with van der Waals surface area (Å²) < 4.78 is 9.32. The number of ketones is 2. The van der Waals surface area contributed by atoms with Gasteiger partial charge in [0.05, 0.1) is 14.2 Å². The van der Waals surface area contributed by atoms with Gasteiger partial charge in [0.25, 0.3) is 0 Å². The highest BCUT2D eigenvalue weighted by atomic mass is 16.5. The van der Waals surface area contributed by atoms with E-state index < -0.39 is 0 Å². The third-order valence-corrected chi connectivity index (χ3v) is 5.54. The normalized spacial score (nSPS) is 11.8. The minimum absolute atomic E-state index is 0.0878. The van der Waals surface area contributed by atoms with Crippen LogP contribution in [0.15, 0.2) is 0 Å². The third-order valence-electron chi connectivity index (χ3n) is 5.54. The van der Waals surface area contributed by atoms with Crippen molar-refractivity contribution in [1.82, 2.24) is 0 Å². The molecule has 0 atom stereocenters. The first-order valence-corrected chi connectivity index (χ1v) is 10.6. The van der Waals surface area contributed by atoms with Crippen molar-refractivity contribution in [3.8, 4) is 0 Å². The lowest BCUT2D eigenvalue weighted by molar-refractivity contribution is -0.142. The van der Waals surface area contributed by atoms with Crippen LogP contribution in [-0.4, -0.2) is 37.7 Å². The summed E-state index contributed by atoms with van der Waals surface area (Å²) in [6.45, 7) is 8.20. The molecule has 0 saturated carbocycles. The maximum Gasteiger partial charge on any atom is 0.305 e. The molecule has 0 spiro atoms. The van der Waals surface area contributed by atoms with E-state index in [-0.39, 0.29) is 34.3 Å². The first kappa shape index (κ1) is 27.3. The summed E-state index contributed by atoms with van der Waals surface area (Å²) in [5, 5.41) is 0. The van der Waals surface area contributed by atoms with Gasteiger partial charge in [0.15, 0.2) is 0 Å². The highest BCUT2D eigenvalue weighted by molar-refractivity contribution is 5.81. The summed E-state index contributed by atoms with van der Waals surface area (Å²) in [7, 11) is 2.76. The Morgan fingerprint density at radius 3 is 1.17 bits per heavy atom. The molecule has 168 valence electrons. The van der Waals surface area contributed by atoms with Crippen LogP contribution < -0.4 is 0 Å². The fourth-order valence-corrected chi connectivity index (χ4v) is 3.02. The monoisotopic (exact) mass is 412 g/mol. The van der Waals surface area contributed by atoms with E-state index in [1.165, 1.54) is 14.2 Å². The smallest absolute Gasteiger partial charge is 0.305 e. The van der Waals surface area contributed by atoms with Crippen molar-refractivity contribution >= 4 is 23.5 Å². The molecule has 0 heterocycles. The van der Waals surface area contributed by atoms with E-state index in [0.717, 1.165) is 12.8 Å². The van der Waals surface area contributed by atoms with Gasteiger partial charge in [0.2, 0.25) is 0 Å². The molecule has 0 radical (unpaired) electrons. The average molecular weight is 413 g/mol. The molecule has 0 bridgehead atoms. The average Bonchev–Trinajstić information content (AvgIpc) is 2.67. The van der Waals surface area contributed by atoms with Gasteiger partial charge < -0.3 is 9.47 Å². The van der Waals surface area contributed by atoms with Crippen LogP contribution in [0.5, 0.6) is 0 Å². The summed E-state index contributed by atoms with van der Waals surface area (Å²) >= 11 is 0. The van der Waals surface area contributed by atoms with E-state index >= 15 is 0 Å². The van der Waals surface area contributed by atoms with Crippen molar-refractivity contribution < 1.29 is 28.7 Å². The minimum atomic E-state index is -0.226. The Morgan fingerprint density at radius 2 is 0.862 bits per heavy atom. The Balaban J connectivity index is 4.01. The predicted molar refractivity (Wildman–Crippen MR) is 112 cm³/mol. The number of hydrogen-bond acceptors (Lipinski definition) is 6. The molecule has 0 rings (SSSR count). The first-order valence-electron chi connectivity index (χ1n) is 10.6. The number of carbonyl (C=O) groups excluding carboxylic acids is 4. The fraction of sp³-hybridized carbons (Fsp3) is 0.826. The molecule has 6 nitrogen and oxygen atoms in total. The zero-order valence-electron chi connectivity index (χ0n) is 19.2. The van der Waals surface area contributed by atoms with Gasteiger partial charge in [-0.2, -0.15) is 0 Å². The molecular weight excluding hydrogens is 372 g/mol. The van der Waals surface area contributed by atoms with Gasteiger partial charge >= 0.3 is 11.9 Å². The molecule has 0 aliphatic rings. The van der Waals surface area contributed by atoms with E-state index in [4.69, 9.17) is 0 Å². The largest absolute Gasteiger partial charge is 0.469 e. The molecule has 0 N–H and O–H groups in total. The van der Waals surface area contributed by atoms with E-state index in [9.17, 15) is 19.2 Å². The fourth-order valence-electron chi connectivity index (χ4n) is 3.02. The number of esters is 2. The second-order valence-corrected chi connectivity index (χ2v) is 9.41. The van der Waals surface area contributed by atoms with Gasteiger partial charge in [-0.25, -0.2) is 0 Å². The van der Waals surface area contributed by atoms with Crippen LogP contribution in [0.3, 0.4) is 0 Å². The van der Waals surface area contributed by atoms with Gasteiger partial charge in [-0.3, -0.25) is 19.2 Å². The van der Waals surface area contributed by atoms with Crippen LogP contribution in [0.25, 0.3) is 0 Å². The van der Waals surface area contributed by atoms with Crippen LogP contribution in [0.4, 0.5) is 0 Å². The number of ether oxygens (including phenoxy) is 2. The Labute approximate surface area is 176 Å². The van der Waals surface area contributed by atoms with E-state index in [2.05, 4.69) is 37.2 Å². The molecule has 29 heavy (non-hydrogen) atoms. The third kappa shape index (κ3) is 14.9. The molecule has 6 heteroatoms. The van der Waals surface area contributed by atoms with E-state index in [0.29, 0.717) is 57.8 Å². The quantitative estimate of drug-likeness (QED) is 0.338. The molecular formula is C23H40O6. The lowest BCUT2D eigenvalue weighted by Crippen LogP contribution is -2.17. The molecule has 0 aromatic rings. The molecule has 0 aromatic carbocycles. The maximum absolute atomic E-state index is 12.1. The number of rotatable bonds is 16. The Bertz CT molecular complexity index is 500. The zero-order valence-corrected chi connectivity index (χ0v) is 19.2. The van der Waals surface area contributed by atoms with Crippen molar-refractivity contribution in [1.29, 1.82) is 0 Å². The molecule has 0 amide bonds. The van der Waals surface area contributed by atoms with Crippen molar-refractivity contribution in [2.75, 3.05) is 14.2 Å². The highest BCUT2D eigenvalue weighted by Crippen LogP contribution is 2.30. The molecule has 0 aliphatic heterocycles. The Morgan fingerprint density at radius 1 is 0.552 bits per heavy atom. The van der Waals surface area contributed by atoms with Crippen molar-refractivity contribution in [2.45, 2.75) is 98.3 Å². The highest BCUT2D eigenvalue weighted by Gasteiger charge is 2.22. The number of methoxy groups -OCH3 is 2. The van der Waals surface area contributed by atoms with Crippen molar-refractivity contribution in [3.63, 3.8) is 0 Å². The summed E-state index contributed by atoms with van der Waals surface area (Å²) in [5.41, 5.74) is -0.176. The van der Waals surface area contributed by atoms with Gasteiger partial charge in [-0.15, -0.1) is 0 Å². The summed E-state index contributed by atoms with van der Waals surface area (Å²) in [5.74, 6) is -0.113. The number of hydrogen-bond donors (Lipinski definition) is 0. The summed E-state index contributed by atoms with van der Waals surface area (Å²) in [6.07, 6.45) is 5.94. The number of carbonyl (C=O) groups is 4. The lowest BCUT2D eigenvalue weighted by Gasteiger charge is -2.23. The molecule has 0 saturated heterocycles. The first-order chi connectivity index (χ1) is 13.4. The number of Topliss-reactive ketones (excluding diaryl/α,β-unsaturated/α-hetero) is 2. The second-order valence-electron chi connectivity index (χ2n) is 9.41. The zero-order chi connectivity index (χ0) is 22.5. The SMILES string of the molecule is COC(=O)CCC(C)(C)CCC(=O)CCCC(=O)CCC(C)(C)CCC(=O)OC. The van der Waals surface area contributed by atoms with Crippen LogP contribution >= 0.6 is 0 Å². The molecule has 0 aromatic heterocycles. The van der Waals surface area contributed by atoms with Gasteiger partial charge in [-0.05, 0) is 42.9 Å². The van der Waals surface area contributed by atoms with E-state index in [1.54, 1.807) is 0 Å². The molecule has 0 unspecified atom stereocenters. The lowest BCUT2D eigenvalue weighted by atomic mass is 9.82. The van der Waals surface area contributed by atoms with Crippen molar-refractivity contribution in [2.24, 2.45) is 10.8 Å². The predicted octanol–water partition coefficient (Wildman–Crippen LogP) is 4.81. The van der Waals surface area contributed by atoms with Crippen LogP contribution in [0.2, 0.25) is 0 Å². The van der Waals surface area contributed by atoms with Gasteiger partial charge in [-0.1, -0.05) is 27.7 Å². The van der Waals surface area contributed by atoms with Crippen LogP contribution in [0, 0.1) is 10.8 Å². The Hall–Kier alpha value is -1.72. The van der Waals surface area contributed by atoms with Crippen LogP contribution in [-0.2, 0) is 28.7 Å². The van der Waals surface area contributed by atoms with Crippen molar-refractivity contribution in [3.05, 3.63) is 0 Å². The molecule has 0 fully saturated rings. The maximum atomic E-state index is 12.1. The van der Waals surface area contributed by atoms with Gasteiger partial charge in [0.1, 0.15) is 11.6 Å². The van der Waals surface area contributed by atoms with Gasteiger partial charge in [0, 0.05) is 38.5 Å². The standard InChI is InChI=1S/C23H40O6/c1-22(2,16-12-20(26)28-5)14-10-18(24)8-7-9-19(25)11-15-23(3,4)17-13-21(27)29-6/h7-17H2,1-6H3. The second kappa shape index (κ2) is 13.5. The van der Waals surface area contributed by atoms with E-state index in [1.807, 2.05) is 0 Å². The van der Waals surface area contributed by atoms with Crippen LogP contribution in [0.1, 0.15) is 98.3 Å². The summed E-state index contributed by atoms with van der Waals surface area (Å²) in [6, 6.07) is 0. The topological polar surface area (TPSA) is 86.7 Å². The minimum Gasteiger partial charge on any atom is -0.469 e. The molecule has 0 aliphatic carbocycles.